The first-order chi connectivity index (χ1) is 12.2. The summed E-state index contributed by atoms with van der Waals surface area (Å²) < 4.78 is 4.97. The number of aromatic nitrogens is 3. The van der Waals surface area contributed by atoms with Gasteiger partial charge in [-0.2, -0.15) is 0 Å². The quantitative estimate of drug-likeness (QED) is 0.743. The van der Waals surface area contributed by atoms with E-state index in [0.29, 0.717) is 29.3 Å². The zero-order valence-corrected chi connectivity index (χ0v) is 13.7. The Bertz CT molecular complexity index is 903. The van der Waals surface area contributed by atoms with Crippen LogP contribution in [-0.4, -0.2) is 27.1 Å². The van der Waals surface area contributed by atoms with Gasteiger partial charge < -0.3 is 15.2 Å². The van der Waals surface area contributed by atoms with E-state index < -0.39 is 0 Å². The minimum Gasteiger partial charge on any atom is -0.367 e. The summed E-state index contributed by atoms with van der Waals surface area (Å²) >= 11 is 0. The number of benzene rings is 1. The molecule has 0 saturated heterocycles. The summed E-state index contributed by atoms with van der Waals surface area (Å²) in [5, 5.41) is 9.79. The predicted octanol–water partition coefficient (Wildman–Crippen LogP) is 3.27. The molecule has 1 aromatic carbocycles. The zero-order valence-electron chi connectivity index (χ0n) is 13.7. The number of aryl methyl sites for hydroxylation is 1. The van der Waals surface area contributed by atoms with Gasteiger partial charge in [-0.05, 0) is 19.8 Å². The Morgan fingerprint density at radius 3 is 2.60 bits per heavy atom. The van der Waals surface area contributed by atoms with E-state index in [1.54, 1.807) is 19.1 Å². The lowest BCUT2D eigenvalue weighted by atomic mass is 10.2. The monoisotopic (exact) mass is 335 g/mol. The van der Waals surface area contributed by atoms with Gasteiger partial charge >= 0.3 is 0 Å². The molecule has 1 aliphatic rings. The molecule has 1 aliphatic carbocycles. The van der Waals surface area contributed by atoms with Crippen molar-refractivity contribution in [2.45, 2.75) is 25.8 Å². The fourth-order valence-electron chi connectivity index (χ4n) is 2.40. The molecule has 7 nitrogen and oxygen atoms in total. The molecule has 0 spiro atoms. The summed E-state index contributed by atoms with van der Waals surface area (Å²) in [6, 6.07) is 13.3. The highest BCUT2D eigenvalue weighted by Gasteiger charge is 2.23. The Morgan fingerprint density at radius 1 is 1.12 bits per heavy atom. The van der Waals surface area contributed by atoms with Crippen LogP contribution in [0, 0.1) is 6.92 Å². The van der Waals surface area contributed by atoms with Crippen molar-refractivity contribution in [1.82, 2.24) is 15.1 Å². The second kappa shape index (κ2) is 6.35. The lowest BCUT2D eigenvalue weighted by Crippen LogP contribution is -2.16. The lowest BCUT2D eigenvalue weighted by molar-refractivity contribution is 0.102. The van der Waals surface area contributed by atoms with Gasteiger partial charge in [-0.25, -0.2) is 9.97 Å². The minimum absolute atomic E-state index is 0.276. The number of rotatable bonds is 5. The maximum absolute atomic E-state index is 12.5. The van der Waals surface area contributed by atoms with Crippen LogP contribution >= 0.6 is 0 Å². The van der Waals surface area contributed by atoms with Crippen LogP contribution in [0.1, 0.15) is 29.1 Å². The molecule has 1 amide bonds. The number of nitrogens with zero attached hydrogens (tertiary/aromatic N) is 3. The fourth-order valence-corrected chi connectivity index (χ4v) is 2.40. The average Bonchev–Trinajstić information content (AvgIpc) is 3.35. The second-order valence-electron chi connectivity index (χ2n) is 6.02. The van der Waals surface area contributed by atoms with Crippen LogP contribution < -0.4 is 10.6 Å². The van der Waals surface area contributed by atoms with Crippen LogP contribution in [0.4, 0.5) is 11.6 Å². The average molecular weight is 335 g/mol. The fraction of sp³-hybridized carbons (Fsp3) is 0.222. The Hall–Kier alpha value is -3.22. The summed E-state index contributed by atoms with van der Waals surface area (Å²) in [5.41, 5.74) is 1.13. The molecular formula is C18H17N5O2. The third-order valence-corrected chi connectivity index (χ3v) is 3.79. The summed E-state index contributed by atoms with van der Waals surface area (Å²) in [7, 11) is 0. The first-order valence-electron chi connectivity index (χ1n) is 8.13. The Morgan fingerprint density at radius 2 is 1.92 bits per heavy atom. The molecule has 0 atom stereocenters. The van der Waals surface area contributed by atoms with Crippen molar-refractivity contribution in [2.24, 2.45) is 0 Å². The number of hydrogen-bond donors (Lipinski definition) is 2. The Kier molecular flexibility index (Phi) is 3.89. The van der Waals surface area contributed by atoms with Crippen LogP contribution in [0.15, 0.2) is 47.0 Å². The maximum Gasteiger partial charge on any atom is 0.275 e. The molecule has 0 radical (unpaired) electrons. The molecule has 4 rings (SSSR count). The van der Waals surface area contributed by atoms with E-state index in [1.807, 2.05) is 30.3 Å². The van der Waals surface area contributed by atoms with Gasteiger partial charge in [0.25, 0.3) is 5.91 Å². The summed E-state index contributed by atoms with van der Waals surface area (Å²) in [6.07, 6.45) is 2.23. The topological polar surface area (TPSA) is 92.9 Å². The molecule has 0 aliphatic heterocycles. The third kappa shape index (κ3) is 3.65. The maximum atomic E-state index is 12.5. The van der Waals surface area contributed by atoms with E-state index in [1.165, 1.54) is 0 Å². The van der Waals surface area contributed by atoms with Crippen LogP contribution in [0.2, 0.25) is 0 Å². The molecule has 0 bridgehead atoms. The first kappa shape index (κ1) is 15.3. The molecule has 0 unspecified atom stereocenters. The summed E-state index contributed by atoms with van der Waals surface area (Å²) in [5.74, 6) is 1.79. The van der Waals surface area contributed by atoms with Gasteiger partial charge in [-0.1, -0.05) is 35.5 Å². The lowest BCUT2D eigenvalue weighted by Gasteiger charge is -2.09. The van der Waals surface area contributed by atoms with Crippen LogP contribution in [0.3, 0.4) is 0 Å². The first-order valence-corrected chi connectivity index (χ1v) is 8.13. The largest absolute Gasteiger partial charge is 0.367 e. The molecule has 2 aromatic heterocycles. The van der Waals surface area contributed by atoms with E-state index >= 15 is 0 Å². The Balaban J connectivity index is 1.66. The van der Waals surface area contributed by atoms with Crippen molar-refractivity contribution in [3.05, 3.63) is 53.9 Å². The van der Waals surface area contributed by atoms with Crippen molar-refractivity contribution in [3.8, 4) is 11.4 Å². The highest BCUT2D eigenvalue weighted by atomic mass is 16.5. The number of amides is 1. The van der Waals surface area contributed by atoms with Gasteiger partial charge in [0.2, 0.25) is 0 Å². The molecule has 2 N–H and O–H groups in total. The molecule has 126 valence electrons. The van der Waals surface area contributed by atoms with Crippen molar-refractivity contribution >= 4 is 17.5 Å². The van der Waals surface area contributed by atoms with E-state index in [9.17, 15) is 4.79 Å². The third-order valence-electron chi connectivity index (χ3n) is 3.79. The molecule has 25 heavy (non-hydrogen) atoms. The van der Waals surface area contributed by atoms with Gasteiger partial charge in [-0.15, -0.1) is 0 Å². The summed E-state index contributed by atoms with van der Waals surface area (Å²) in [6.45, 7) is 1.76. The van der Waals surface area contributed by atoms with Gasteiger partial charge in [-0.3, -0.25) is 4.79 Å². The second-order valence-corrected chi connectivity index (χ2v) is 6.02. The number of anilines is 2. The van der Waals surface area contributed by atoms with Gasteiger partial charge in [0, 0.05) is 23.7 Å². The number of carbonyl (C=O) groups excluding carboxylic acids is 1. The van der Waals surface area contributed by atoms with Crippen LogP contribution in [-0.2, 0) is 0 Å². The number of carbonyl (C=O) groups is 1. The van der Waals surface area contributed by atoms with Gasteiger partial charge in [0.1, 0.15) is 17.3 Å². The number of hydrogen-bond acceptors (Lipinski definition) is 6. The van der Waals surface area contributed by atoms with Crippen LogP contribution in [0.5, 0.6) is 0 Å². The summed E-state index contributed by atoms with van der Waals surface area (Å²) in [4.78, 5) is 21.5. The molecule has 7 heteroatoms. The molecule has 1 fully saturated rings. The van der Waals surface area contributed by atoms with E-state index in [2.05, 4.69) is 25.8 Å². The Labute approximate surface area is 144 Å². The molecule has 2 heterocycles. The highest BCUT2D eigenvalue weighted by molar-refractivity contribution is 6.03. The predicted molar refractivity (Wildman–Crippen MR) is 93.3 cm³/mol. The smallest absolute Gasteiger partial charge is 0.275 e. The number of nitrogens with one attached hydrogen (secondary N) is 2. The SMILES string of the molecule is Cc1cc(NC(=O)c2cc(NC3CC3)nc(-c3ccccc3)n2)no1. The molecule has 1 saturated carbocycles. The molecular weight excluding hydrogens is 318 g/mol. The standard InChI is InChI=1S/C18H17N5O2/c1-11-9-16(23-25-11)22-18(24)14-10-15(19-13-7-8-13)21-17(20-14)12-5-3-2-4-6-12/h2-6,9-10,13H,7-8H2,1H3,(H,19,20,21)(H,22,23,24). The van der Waals surface area contributed by atoms with Gasteiger partial charge in [0.15, 0.2) is 11.6 Å². The molecule has 3 aromatic rings. The normalized spacial score (nSPS) is 13.5. The van der Waals surface area contributed by atoms with Crippen molar-refractivity contribution in [3.63, 3.8) is 0 Å². The van der Waals surface area contributed by atoms with Crippen molar-refractivity contribution in [2.75, 3.05) is 10.6 Å². The van der Waals surface area contributed by atoms with E-state index in [0.717, 1.165) is 18.4 Å². The van der Waals surface area contributed by atoms with Gasteiger partial charge in [0.05, 0.1) is 0 Å². The van der Waals surface area contributed by atoms with Crippen LogP contribution in [0.25, 0.3) is 11.4 Å². The zero-order chi connectivity index (χ0) is 17.2. The van der Waals surface area contributed by atoms with Crippen molar-refractivity contribution < 1.29 is 9.32 Å². The highest BCUT2D eigenvalue weighted by Crippen LogP contribution is 2.25. The minimum atomic E-state index is -0.355. The van der Waals surface area contributed by atoms with E-state index in [-0.39, 0.29) is 11.6 Å². The van der Waals surface area contributed by atoms with E-state index in [4.69, 9.17) is 4.52 Å². The van der Waals surface area contributed by atoms with Crippen molar-refractivity contribution in [1.29, 1.82) is 0 Å².